The zero-order valence-corrected chi connectivity index (χ0v) is 14.5. The van der Waals surface area contributed by atoms with Crippen LogP contribution in [0.25, 0.3) is 0 Å². The number of halogens is 3. The summed E-state index contributed by atoms with van der Waals surface area (Å²) in [5, 5.41) is 17.9. The second-order valence-electron chi connectivity index (χ2n) is 6.34. The summed E-state index contributed by atoms with van der Waals surface area (Å²) < 4.78 is 41.3. The van der Waals surface area contributed by atoms with E-state index in [1.165, 1.54) is 15.9 Å². The minimum atomic E-state index is -4.58. The lowest BCUT2D eigenvalue weighted by atomic mass is 10.0. The van der Waals surface area contributed by atoms with E-state index < -0.39 is 18.0 Å². The Morgan fingerprint density at radius 2 is 1.93 bits per heavy atom. The molecule has 146 valence electrons. The quantitative estimate of drug-likeness (QED) is 0.660. The van der Waals surface area contributed by atoms with Gasteiger partial charge in [0.05, 0.1) is 6.54 Å². The van der Waals surface area contributed by atoms with Crippen molar-refractivity contribution in [1.29, 1.82) is 0 Å². The molecule has 3 heterocycles. The van der Waals surface area contributed by atoms with Gasteiger partial charge >= 0.3 is 6.18 Å². The summed E-state index contributed by atoms with van der Waals surface area (Å²) in [5.41, 5.74) is 0.913. The maximum absolute atomic E-state index is 13.1. The molecule has 0 bridgehead atoms. The van der Waals surface area contributed by atoms with E-state index in [0.717, 1.165) is 10.1 Å². The Labute approximate surface area is 156 Å². The molecule has 0 aliphatic carbocycles. The summed E-state index contributed by atoms with van der Waals surface area (Å²) in [6.45, 7) is 0.0201. The molecule has 2 aromatic heterocycles. The first-order valence-electron chi connectivity index (χ1n) is 8.48. The van der Waals surface area contributed by atoms with Gasteiger partial charge in [-0.3, -0.25) is 4.79 Å². The Morgan fingerprint density at radius 1 is 1.14 bits per heavy atom. The number of tetrazole rings is 1. The van der Waals surface area contributed by atoms with Crippen LogP contribution in [0.2, 0.25) is 0 Å². The van der Waals surface area contributed by atoms with Crippen molar-refractivity contribution in [3.05, 3.63) is 53.9 Å². The van der Waals surface area contributed by atoms with E-state index in [4.69, 9.17) is 0 Å². The van der Waals surface area contributed by atoms with E-state index in [1.807, 2.05) is 30.3 Å². The summed E-state index contributed by atoms with van der Waals surface area (Å²) in [6, 6.07) is 8.64. The van der Waals surface area contributed by atoms with Crippen LogP contribution in [0, 0.1) is 0 Å². The van der Waals surface area contributed by atoms with Crippen molar-refractivity contribution in [1.82, 2.24) is 39.9 Å². The second kappa shape index (κ2) is 7.02. The number of fused-ring (bicyclic) bond motifs is 1. The van der Waals surface area contributed by atoms with Crippen LogP contribution in [0.1, 0.15) is 23.3 Å². The molecule has 0 spiro atoms. The van der Waals surface area contributed by atoms with Crippen LogP contribution in [0.4, 0.5) is 13.2 Å². The number of benzene rings is 1. The molecule has 0 radical (unpaired) electrons. The highest BCUT2D eigenvalue weighted by Gasteiger charge is 2.40. The van der Waals surface area contributed by atoms with Crippen LogP contribution in [-0.4, -0.2) is 52.3 Å². The highest BCUT2D eigenvalue weighted by Crippen LogP contribution is 2.30. The molecule has 4 rings (SSSR count). The van der Waals surface area contributed by atoms with Crippen molar-refractivity contribution in [3.63, 3.8) is 0 Å². The Hall–Kier alpha value is -3.31. The van der Waals surface area contributed by atoms with Gasteiger partial charge in [0.25, 0.3) is 0 Å². The maximum atomic E-state index is 13.1. The van der Waals surface area contributed by atoms with Crippen molar-refractivity contribution in [2.24, 2.45) is 0 Å². The molecule has 3 aromatic rings. The van der Waals surface area contributed by atoms with E-state index in [9.17, 15) is 18.0 Å². The Kier molecular flexibility index (Phi) is 4.53. The predicted octanol–water partition coefficient (Wildman–Crippen LogP) is 1.11. The smallest absolute Gasteiger partial charge is 0.331 e. The van der Waals surface area contributed by atoms with Gasteiger partial charge in [-0.2, -0.15) is 13.2 Å². The number of nitrogens with zero attached hydrogens (tertiary/aromatic N) is 8. The van der Waals surface area contributed by atoms with Crippen molar-refractivity contribution >= 4 is 5.91 Å². The van der Waals surface area contributed by atoms with Gasteiger partial charge in [-0.25, -0.2) is 4.68 Å². The summed E-state index contributed by atoms with van der Waals surface area (Å²) in [5.74, 6) is -1.24. The molecule has 0 unspecified atom stereocenters. The van der Waals surface area contributed by atoms with Crippen molar-refractivity contribution < 1.29 is 18.0 Å². The number of aromatic nitrogens is 7. The van der Waals surface area contributed by atoms with Crippen LogP contribution in [0.3, 0.4) is 0 Å². The number of hydrogen-bond donors (Lipinski definition) is 0. The number of amides is 1. The Balaban J connectivity index is 1.57. The average molecular weight is 392 g/mol. The number of hydrogen-bond acceptors (Lipinski definition) is 6. The fraction of sp³-hybridized carbons (Fsp3) is 0.375. The number of alkyl halides is 3. The molecule has 1 amide bonds. The van der Waals surface area contributed by atoms with E-state index in [2.05, 4.69) is 25.7 Å². The van der Waals surface area contributed by atoms with Crippen molar-refractivity contribution in [2.75, 3.05) is 6.54 Å². The molecule has 28 heavy (non-hydrogen) atoms. The number of carbonyl (C=O) groups is 1. The van der Waals surface area contributed by atoms with E-state index in [1.54, 1.807) is 0 Å². The number of rotatable bonds is 4. The van der Waals surface area contributed by atoms with Crippen molar-refractivity contribution in [2.45, 2.75) is 31.7 Å². The lowest BCUT2D eigenvalue weighted by Crippen LogP contribution is -2.43. The summed E-state index contributed by atoms with van der Waals surface area (Å²) in [4.78, 5) is 14.6. The lowest BCUT2D eigenvalue weighted by Gasteiger charge is -2.31. The van der Waals surface area contributed by atoms with Crippen LogP contribution in [0.5, 0.6) is 0 Å². The van der Waals surface area contributed by atoms with Crippen LogP contribution in [-0.2, 0) is 30.5 Å². The molecule has 1 atom stereocenters. The SMILES string of the molecule is O=C([C@H](Cc1ccccc1)n1cnnn1)N1CCn2c(nnc2C(F)(F)F)C1. The van der Waals surface area contributed by atoms with Gasteiger partial charge in [0, 0.05) is 19.5 Å². The average Bonchev–Trinajstić information content (AvgIpc) is 3.35. The molecular weight excluding hydrogens is 377 g/mol. The zero-order valence-electron chi connectivity index (χ0n) is 14.5. The molecule has 0 fully saturated rings. The van der Waals surface area contributed by atoms with E-state index in [-0.39, 0.29) is 31.4 Å². The predicted molar refractivity (Wildman–Crippen MR) is 87.4 cm³/mol. The van der Waals surface area contributed by atoms with Gasteiger partial charge in [0.1, 0.15) is 12.4 Å². The fourth-order valence-electron chi connectivity index (χ4n) is 3.21. The minimum Gasteiger partial charge on any atom is -0.331 e. The summed E-state index contributed by atoms with van der Waals surface area (Å²) in [6.07, 6.45) is -2.89. The molecule has 9 nitrogen and oxygen atoms in total. The van der Waals surface area contributed by atoms with Gasteiger partial charge in [0.15, 0.2) is 5.82 Å². The highest BCUT2D eigenvalue weighted by atomic mass is 19.4. The first-order chi connectivity index (χ1) is 13.4. The van der Waals surface area contributed by atoms with Crippen LogP contribution < -0.4 is 0 Å². The van der Waals surface area contributed by atoms with Gasteiger partial charge in [-0.15, -0.1) is 15.3 Å². The van der Waals surface area contributed by atoms with Gasteiger partial charge in [-0.05, 0) is 16.0 Å². The maximum Gasteiger partial charge on any atom is 0.451 e. The van der Waals surface area contributed by atoms with Crippen molar-refractivity contribution in [3.8, 4) is 0 Å². The monoisotopic (exact) mass is 392 g/mol. The lowest BCUT2D eigenvalue weighted by molar-refractivity contribution is -0.148. The van der Waals surface area contributed by atoms with Gasteiger partial charge < -0.3 is 9.47 Å². The van der Waals surface area contributed by atoms with Crippen LogP contribution in [0.15, 0.2) is 36.7 Å². The zero-order chi connectivity index (χ0) is 19.7. The standard InChI is InChI=1S/C16H15F3N8O/c17-16(18,19)15-22-21-13-9-25(6-7-26(13)15)14(28)12(27-10-20-23-24-27)8-11-4-2-1-3-5-11/h1-5,10,12H,6-9H2/t12-/m0/s1. The first-order valence-corrected chi connectivity index (χ1v) is 8.48. The third-order valence-corrected chi connectivity index (χ3v) is 4.56. The first kappa shape index (κ1) is 18.1. The van der Waals surface area contributed by atoms with Gasteiger partial charge in [0.2, 0.25) is 11.7 Å². The van der Waals surface area contributed by atoms with E-state index >= 15 is 0 Å². The molecule has 0 saturated carbocycles. The number of carbonyl (C=O) groups excluding carboxylic acids is 1. The Morgan fingerprint density at radius 3 is 2.61 bits per heavy atom. The molecule has 12 heteroatoms. The Bertz CT molecular complexity index is 954. The minimum absolute atomic E-state index is 0.0312. The summed E-state index contributed by atoms with van der Waals surface area (Å²) in [7, 11) is 0. The second-order valence-corrected chi connectivity index (χ2v) is 6.34. The summed E-state index contributed by atoms with van der Waals surface area (Å²) >= 11 is 0. The normalized spacial score (nSPS) is 15.3. The van der Waals surface area contributed by atoms with E-state index in [0.29, 0.717) is 6.42 Å². The largest absolute Gasteiger partial charge is 0.451 e. The third kappa shape index (κ3) is 3.44. The molecule has 1 aliphatic rings. The van der Waals surface area contributed by atoms with Gasteiger partial charge in [-0.1, -0.05) is 30.3 Å². The molecule has 0 saturated heterocycles. The third-order valence-electron chi connectivity index (χ3n) is 4.56. The molecular formula is C16H15F3N8O. The molecule has 1 aromatic carbocycles. The van der Waals surface area contributed by atoms with Crippen LogP contribution >= 0.6 is 0 Å². The molecule has 0 N–H and O–H groups in total. The fourth-order valence-corrected chi connectivity index (χ4v) is 3.21. The molecule has 1 aliphatic heterocycles. The highest BCUT2D eigenvalue weighted by molar-refractivity contribution is 5.80. The topological polar surface area (TPSA) is 94.6 Å².